The van der Waals surface area contributed by atoms with Crippen molar-refractivity contribution in [2.45, 2.75) is 38.9 Å². The second kappa shape index (κ2) is 3.78. The quantitative estimate of drug-likeness (QED) is 0.572. The maximum Gasteiger partial charge on any atom is 0.182 e. The number of aliphatic hydroxyl groups is 2. The van der Waals surface area contributed by atoms with E-state index in [1.165, 1.54) is 6.92 Å². The summed E-state index contributed by atoms with van der Waals surface area (Å²) < 4.78 is 0. The lowest BCUT2D eigenvalue weighted by atomic mass is 9.89. The molecule has 4 nitrogen and oxygen atoms in total. The molecule has 0 bridgehead atoms. The first-order chi connectivity index (χ1) is 5.30. The molecule has 0 fully saturated rings. The average molecular weight is 174 g/mol. The Balaban J connectivity index is 4.63. The summed E-state index contributed by atoms with van der Waals surface area (Å²) in [6.07, 6.45) is -1.11. The van der Waals surface area contributed by atoms with Crippen LogP contribution >= 0.6 is 0 Å². The molecule has 0 amide bonds. The van der Waals surface area contributed by atoms with Gasteiger partial charge >= 0.3 is 0 Å². The van der Waals surface area contributed by atoms with Gasteiger partial charge in [-0.05, 0) is 20.8 Å². The summed E-state index contributed by atoms with van der Waals surface area (Å²) >= 11 is 0. The second-order valence-electron chi connectivity index (χ2n) is 3.03. The number of aliphatic hydroxyl groups excluding tert-OH is 1. The fourth-order valence-corrected chi connectivity index (χ4v) is 0.963. The molecular weight excluding hydrogens is 160 g/mol. The average Bonchev–Trinajstić information content (AvgIpc) is 1.84. The van der Waals surface area contributed by atoms with Gasteiger partial charge in [0, 0.05) is 6.42 Å². The van der Waals surface area contributed by atoms with E-state index in [-0.39, 0.29) is 6.42 Å². The fraction of sp³-hybridized carbons (Fsp3) is 0.750. The topological polar surface area (TPSA) is 74.6 Å². The first-order valence-electron chi connectivity index (χ1n) is 3.73. The minimum absolute atomic E-state index is 0.238. The van der Waals surface area contributed by atoms with Crippen LogP contribution in [-0.4, -0.2) is 33.5 Å². The van der Waals surface area contributed by atoms with Gasteiger partial charge in [-0.3, -0.25) is 9.59 Å². The molecule has 0 spiro atoms. The van der Waals surface area contributed by atoms with Gasteiger partial charge in [0.25, 0.3) is 0 Å². The number of carbonyl (C=O) groups is 2. The molecule has 12 heavy (non-hydrogen) atoms. The van der Waals surface area contributed by atoms with Gasteiger partial charge in [0.1, 0.15) is 0 Å². The van der Waals surface area contributed by atoms with Crippen molar-refractivity contribution in [3.63, 3.8) is 0 Å². The van der Waals surface area contributed by atoms with E-state index in [0.717, 1.165) is 13.8 Å². The highest BCUT2D eigenvalue weighted by Gasteiger charge is 2.38. The molecule has 0 radical (unpaired) electrons. The molecule has 0 aliphatic carbocycles. The van der Waals surface area contributed by atoms with E-state index in [4.69, 9.17) is 5.11 Å². The molecule has 0 aromatic heterocycles. The number of hydrogen-bond donors (Lipinski definition) is 2. The molecule has 4 heteroatoms. The summed E-state index contributed by atoms with van der Waals surface area (Å²) in [6, 6.07) is 0. The second-order valence-corrected chi connectivity index (χ2v) is 3.03. The molecule has 0 aromatic carbocycles. The van der Waals surface area contributed by atoms with Gasteiger partial charge in [-0.25, -0.2) is 0 Å². The number of ketones is 2. The van der Waals surface area contributed by atoms with E-state index >= 15 is 0 Å². The lowest BCUT2D eigenvalue weighted by molar-refractivity contribution is -0.151. The molecule has 0 saturated carbocycles. The first kappa shape index (κ1) is 11.3. The number of hydrogen-bond acceptors (Lipinski definition) is 4. The van der Waals surface area contributed by atoms with E-state index in [2.05, 4.69) is 0 Å². The summed E-state index contributed by atoms with van der Waals surface area (Å²) in [7, 11) is 0. The van der Waals surface area contributed by atoms with Crippen LogP contribution in [0.3, 0.4) is 0 Å². The predicted octanol–water partition coefficient (Wildman–Crippen LogP) is -0.334. The SMILES string of the molecule is CC(=O)C(O)(CC(C)O)C(C)=O. The Kier molecular flexibility index (Phi) is 3.55. The van der Waals surface area contributed by atoms with Crippen LogP contribution in [0.1, 0.15) is 27.2 Å². The highest BCUT2D eigenvalue weighted by molar-refractivity contribution is 6.08. The van der Waals surface area contributed by atoms with Crippen LogP contribution in [0.15, 0.2) is 0 Å². The number of Topliss-reactive ketones (excluding diaryl/α,β-unsaturated/α-hetero) is 2. The van der Waals surface area contributed by atoms with Gasteiger partial charge in [0.05, 0.1) is 6.10 Å². The van der Waals surface area contributed by atoms with Crippen molar-refractivity contribution < 1.29 is 19.8 Å². The summed E-state index contributed by atoms with van der Waals surface area (Å²) in [5.41, 5.74) is -2.01. The largest absolute Gasteiger partial charge is 0.393 e. The zero-order valence-electron chi connectivity index (χ0n) is 7.50. The standard InChI is InChI=1S/C8H14O4/c1-5(9)4-8(12,6(2)10)7(3)11/h5,9,12H,4H2,1-3H3. The van der Waals surface area contributed by atoms with Gasteiger partial charge in [-0.2, -0.15) is 0 Å². The minimum atomic E-state index is -2.01. The van der Waals surface area contributed by atoms with Crippen LogP contribution in [0.25, 0.3) is 0 Å². The summed E-state index contributed by atoms with van der Waals surface area (Å²) in [5, 5.41) is 18.4. The van der Waals surface area contributed by atoms with E-state index < -0.39 is 23.3 Å². The molecular formula is C8H14O4. The van der Waals surface area contributed by atoms with E-state index in [1.807, 2.05) is 0 Å². The van der Waals surface area contributed by atoms with Crippen molar-refractivity contribution in [3.05, 3.63) is 0 Å². The van der Waals surface area contributed by atoms with Crippen molar-refractivity contribution in [2.24, 2.45) is 0 Å². The lowest BCUT2D eigenvalue weighted by Crippen LogP contribution is -2.46. The predicted molar refractivity (Wildman–Crippen MR) is 42.6 cm³/mol. The van der Waals surface area contributed by atoms with Crippen LogP contribution in [0, 0.1) is 0 Å². The third-order valence-electron chi connectivity index (χ3n) is 1.76. The maximum absolute atomic E-state index is 10.9. The van der Waals surface area contributed by atoms with Gasteiger partial charge < -0.3 is 10.2 Å². The van der Waals surface area contributed by atoms with Crippen molar-refractivity contribution in [2.75, 3.05) is 0 Å². The van der Waals surface area contributed by atoms with E-state index in [9.17, 15) is 14.7 Å². The van der Waals surface area contributed by atoms with Crippen LogP contribution in [0.2, 0.25) is 0 Å². The van der Waals surface area contributed by atoms with Crippen molar-refractivity contribution >= 4 is 11.6 Å². The number of carbonyl (C=O) groups excluding carboxylic acids is 2. The third kappa shape index (κ3) is 2.39. The van der Waals surface area contributed by atoms with Gasteiger partial charge in [0.15, 0.2) is 17.2 Å². The Hall–Kier alpha value is -0.740. The minimum Gasteiger partial charge on any atom is -0.393 e. The Morgan fingerprint density at radius 2 is 1.67 bits per heavy atom. The molecule has 2 N–H and O–H groups in total. The van der Waals surface area contributed by atoms with Crippen molar-refractivity contribution in [1.29, 1.82) is 0 Å². The van der Waals surface area contributed by atoms with Crippen LogP contribution < -0.4 is 0 Å². The van der Waals surface area contributed by atoms with E-state index in [1.54, 1.807) is 0 Å². The molecule has 0 rings (SSSR count). The zero-order valence-corrected chi connectivity index (χ0v) is 7.50. The van der Waals surface area contributed by atoms with Crippen molar-refractivity contribution in [1.82, 2.24) is 0 Å². The summed E-state index contributed by atoms with van der Waals surface area (Å²) in [5.74, 6) is -1.26. The van der Waals surface area contributed by atoms with Gasteiger partial charge in [-0.15, -0.1) is 0 Å². The molecule has 70 valence electrons. The van der Waals surface area contributed by atoms with Gasteiger partial charge in [0.2, 0.25) is 0 Å². The molecule has 0 saturated heterocycles. The number of rotatable bonds is 4. The molecule has 0 aromatic rings. The molecule has 0 heterocycles. The Morgan fingerprint density at radius 3 is 1.75 bits per heavy atom. The maximum atomic E-state index is 10.9. The lowest BCUT2D eigenvalue weighted by Gasteiger charge is -2.23. The third-order valence-corrected chi connectivity index (χ3v) is 1.76. The Bertz CT molecular complexity index is 181. The highest BCUT2D eigenvalue weighted by Crippen LogP contribution is 2.15. The Labute approximate surface area is 71.2 Å². The molecule has 0 aliphatic rings. The normalized spacial score (nSPS) is 14.1. The summed E-state index contributed by atoms with van der Waals surface area (Å²) in [4.78, 5) is 21.7. The Morgan fingerprint density at radius 1 is 1.33 bits per heavy atom. The summed E-state index contributed by atoms with van der Waals surface area (Å²) in [6.45, 7) is 3.67. The fourth-order valence-electron chi connectivity index (χ4n) is 0.963. The highest BCUT2D eigenvalue weighted by atomic mass is 16.3. The monoisotopic (exact) mass is 174 g/mol. The van der Waals surface area contributed by atoms with E-state index in [0.29, 0.717) is 0 Å². The van der Waals surface area contributed by atoms with Crippen LogP contribution in [-0.2, 0) is 9.59 Å². The molecule has 1 unspecified atom stereocenters. The van der Waals surface area contributed by atoms with Crippen LogP contribution in [0.5, 0.6) is 0 Å². The molecule has 0 aliphatic heterocycles. The first-order valence-corrected chi connectivity index (χ1v) is 3.73. The molecule has 1 atom stereocenters. The smallest absolute Gasteiger partial charge is 0.182 e. The van der Waals surface area contributed by atoms with Crippen molar-refractivity contribution in [3.8, 4) is 0 Å². The van der Waals surface area contributed by atoms with Gasteiger partial charge in [-0.1, -0.05) is 0 Å². The zero-order chi connectivity index (χ0) is 9.94. The van der Waals surface area contributed by atoms with Crippen LogP contribution in [0.4, 0.5) is 0 Å².